The van der Waals surface area contributed by atoms with Crippen LogP contribution in [-0.2, 0) is 0 Å². The first-order valence-corrected chi connectivity index (χ1v) is 10.2. The van der Waals surface area contributed by atoms with E-state index in [9.17, 15) is 13.6 Å². The summed E-state index contributed by atoms with van der Waals surface area (Å²) in [6.07, 6.45) is 0. The third-order valence-corrected chi connectivity index (χ3v) is 6.15. The van der Waals surface area contributed by atoms with Crippen molar-refractivity contribution in [2.24, 2.45) is 0 Å². The van der Waals surface area contributed by atoms with E-state index in [1.807, 2.05) is 49.6 Å². The fourth-order valence-corrected chi connectivity index (χ4v) is 4.41. The second-order valence-electron chi connectivity index (χ2n) is 6.55. The molecule has 1 aromatic heterocycles. The van der Waals surface area contributed by atoms with E-state index in [-0.39, 0.29) is 16.8 Å². The Morgan fingerprint density at radius 2 is 1.76 bits per heavy atom. The van der Waals surface area contributed by atoms with E-state index in [0.29, 0.717) is 10.6 Å². The van der Waals surface area contributed by atoms with Crippen LogP contribution in [0.25, 0.3) is 5.69 Å². The molecule has 0 aliphatic carbocycles. The van der Waals surface area contributed by atoms with Gasteiger partial charge in [-0.05, 0) is 63.2 Å². The number of nitrogens with zero attached hydrogens (tertiary/aromatic N) is 1. The molecule has 1 atom stereocenters. The van der Waals surface area contributed by atoms with E-state index in [0.717, 1.165) is 22.0 Å². The zero-order valence-corrected chi connectivity index (χ0v) is 17.7. The number of rotatable bonds is 7. The third-order valence-electron chi connectivity index (χ3n) is 4.53. The minimum absolute atomic E-state index is 0.00641. The highest BCUT2D eigenvalue weighted by atomic mass is 35.5. The van der Waals surface area contributed by atoms with Gasteiger partial charge >= 0.3 is 6.61 Å². The van der Waals surface area contributed by atoms with Gasteiger partial charge in [0.1, 0.15) is 5.75 Å². The van der Waals surface area contributed by atoms with E-state index in [1.54, 1.807) is 18.2 Å². The molecule has 1 unspecified atom stereocenters. The van der Waals surface area contributed by atoms with E-state index < -0.39 is 6.61 Å². The highest BCUT2D eigenvalue weighted by Crippen LogP contribution is 2.33. The van der Waals surface area contributed by atoms with Crippen molar-refractivity contribution in [3.8, 4) is 11.4 Å². The van der Waals surface area contributed by atoms with Gasteiger partial charge < -0.3 is 9.30 Å². The van der Waals surface area contributed by atoms with Gasteiger partial charge in [0.15, 0.2) is 5.78 Å². The quantitative estimate of drug-likeness (QED) is 0.305. The molecule has 0 aliphatic heterocycles. The van der Waals surface area contributed by atoms with Gasteiger partial charge in [-0.2, -0.15) is 8.78 Å². The van der Waals surface area contributed by atoms with Gasteiger partial charge in [-0.3, -0.25) is 4.79 Å². The van der Waals surface area contributed by atoms with Crippen LogP contribution in [0.5, 0.6) is 5.75 Å². The van der Waals surface area contributed by atoms with E-state index in [2.05, 4.69) is 4.74 Å². The van der Waals surface area contributed by atoms with Crippen molar-refractivity contribution in [3.63, 3.8) is 0 Å². The lowest BCUT2D eigenvalue weighted by Gasteiger charge is -2.13. The SMILES string of the molecule is Cc1cc(C(=O)C(C)Sc2ccccc2Cl)c(C)n1-c1ccc(OC(F)F)cc1. The minimum Gasteiger partial charge on any atom is -0.435 e. The van der Waals surface area contributed by atoms with Gasteiger partial charge in [-0.15, -0.1) is 11.8 Å². The van der Waals surface area contributed by atoms with Crippen molar-refractivity contribution in [2.45, 2.75) is 37.5 Å². The predicted octanol–water partition coefficient (Wildman–Crippen LogP) is 6.71. The lowest BCUT2D eigenvalue weighted by Crippen LogP contribution is -2.14. The summed E-state index contributed by atoms with van der Waals surface area (Å²) in [5.41, 5.74) is 3.07. The molecule has 3 aromatic rings. The summed E-state index contributed by atoms with van der Waals surface area (Å²) in [5, 5.41) is 0.305. The Kier molecular flexibility index (Phi) is 6.65. The van der Waals surface area contributed by atoms with Crippen molar-refractivity contribution in [3.05, 3.63) is 76.6 Å². The van der Waals surface area contributed by atoms with Crippen LogP contribution in [0.4, 0.5) is 8.78 Å². The molecular formula is C22H20ClF2NO2S. The topological polar surface area (TPSA) is 31.2 Å². The molecule has 29 heavy (non-hydrogen) atoms. The molecule has 0 saturated carbocycles. The number of carbonyl (C=O) groups is 1. The molecule has 0 radical (unpaired) electrons. The van der Waals surface area contributed by atoms with E-state index >= 15 is 0 Å². The van der Waals surface area contributed by atoms with Crippen LogP contribution >= 0.6 is 23.4 Å². The molecule has 0 spiro atoms. The molecule has 3 nitrogen and oxygen atoms in total. The average molecular weight is 436 g/mol. The molecule has 152 valence electrons. The van der Waals surface area contributed by atoms with Crippen LogP contribution in [0.3, 0.4) is 0 Å². The van der Waals surface area contributed by atoms with Crippen LogP contribution in [0.15, 0.2) is 59.5 Å². The average Bonchev–Trinajstić information content (AvgIpc) is 2.97. The van der Waals surface area contributed by atoms with Gasteiger partial charge in [0.2, 0.25) is 0 Å². The second kappa shape index (κ2) is 9.01. The fourth-order valence-electron chi connectivity index (χ4n) is 3.19. The summed E-state index contributed by atoms with van der Waals surface area (Å²) >= 11 is 7.63. The summed E-state index contributed by atoms with van der Waals surface area (Å²) in [4.78, 5) is 13.9. The number of halogens is 3. The summed E-state index contributed by atoms with van der Waals surface area (Å²) in [6.45, 7) is 2.77. The van der Waals surface area contributed by atoms with Gasteiger partial charge in [-0.1, -0.05) is 23.7 Å². The number of hydrogen-bond acceptors (Lipinski definition) is 3. The number of ether oxygens (including phenoxy) is 1. The Morgan fingerprint density at radius 1 is 1.10 bits per heavy atom. The van der Waals surface area contributed by atoms with Crippen LogP contribution in [0, 0.1) is 13.8 Å². The van der Waals surface area contributed by atoms with Crippen molar-refractivity contribution < 1.29 is 18.3 Å². The first-order chi connectivity index (χ1) is 13.8. The van der Waals surface area contributed by atoms with Crippen LogP contribution < -0.4 is 4.74 Å². The number of aryl methyl sites for hydroxylation is 1. The number of aromatic nitrogens is 1. The monoisotopic (exact) mass is 435 g/mol. The summed E-state index contributed by atoms with van der Waals surface area (Å²) in [6, 6.07) is 15.6. The molecular weight excluding hydrogens is 416 g/mol. The first-order valence-electron chi connectivity index (χ1n) is 8.97. The first kappa shape index (κ1) is 21.4. The Labute approximate surface area is 177 Å². The second-order valence-corrected chi connectivity index (χ2v) is 8.34. The van der Waals surface area contributed by atoms with Gasteiger partial charge in [-0.25, -0.2) is 0 Å². The number of hydrogen-bond donors (Lipinski definition) is 0. The molecule has 0 fully saturated rings. The number of alkyl halides is 2. The smallest absolute Gasteiger partial charge is 0.387 e. The lowest BCUT2D eigenvalue weighted by atomic mass is 10.1. The van der Waals surface area contributed by atoms with Gasteiger partial charge in [0.25, 0.3) is 0 Å². The van der Waals surface area contributed by atoms with E-state index in [4.69, 9.17) is 11.6 Å². The Hall–Kier alpha value is -2.31. The zero-order valence-electron chi connectivity index (χ0n) is 16.2. The van der Waals surface area contributed by atoms with Crippen molar-refractivity contribution in [2.75, 3.05) is 0 Å². The Balaban J connectivity index is 1.85. The molecule has 0 bridgehead atoms. The Morgan fingerprint density at radius 3 is 2.38 bits per heavy atom. The fraction of sp³-hybridized carbons (Fsp3) is 0.227. The van der Waals surface area contributed by atoms with Crippen LogP contribution in [0.1, 0.15) is 28.7 Å². The predicted molar refractivity (Wildman–Crippen MR) is 113 cm³/mol. The number of thioether (sulfide) groups is 1. The molecule has 0 amide bonds. The molecule has 0 saturated heterocycles. The molecule has 0 N–H and O–H groups in total. The summed E-state index contributed by atoms with van der Waals surface area (Å²) in [5.74, 6) is 0.0965. The van der Waals surface area contributed by atoms with Crippen molar-refractivity contribution >= 4 is 29.1 Å². The normalized spacial score (nSPS) is 12.2. The number of benzene rings is 2. The lowest BCUT2D eigenvalue weighted by molar-refractivity contribution is -0.0498. The molecule has 2 aromatic carbocycles. The molecule has 3 rings (SSSR count). The minimum atomic E-state index is -2.86. The van der Waals surface area contributed by atoms with Crippen LogP contribution in [0.2, 0.25) is 5.02 Å². The highest BCUT2D eigenvalue weighted by molar-refractivity contribution is 8.00. The molecule has 7 heteroatoms. The number of Topliss-reactive ketones (excluding diaryl/α,β-unsaturated/α-hetero) is 1. The number of ketones is 1. The van der Waals surface area contributed by atoms with Gasteiger partial charge in [0.05, 0.1) is 10.3 Å². The summed E-state index contributed by atoms with van der Waals surface area (Å²) in [7, 11) is 0. The number of carbonyl (C=O) groups excluding carboxylic acids is 1. The largest absolute Gasteiger partial charge is 0.435 e. The zero-order chi connectivity index (χ0) is 21.1. The Bertz CT molecular complexity index is 1020. The maximum Gasteiger partial charge on any atom is 0.387 e. The van der Waals surface area contributed by atoms with Gasteiger partial charge in [0, 0.05) is 27.5 Å². The standard InChI is InChI=1S/C22H20ClF2NO2S/c1-13-12-18(21(27)15(3)29-20-7-5-4-6-19(20)23)14(2)26(13)16-8-10-17(11-9-16)28-22(24)25/h4-12,15,22H,1-3H3. The maximum atomic E-state index is 13.1. The summed E-state index contributed by atoms with van der Waals surface area (Å²) < 4.78 is 31.0. The maximum absolute atomic E-state index is 13.1. The van der Waals surface area contributed by atoms with Crippen molar-refractivity contribution in [1.29, 1.82) is 0 Å². The third kappa shape index (κ3) is 4.82. The van der Waals surface area contributed by atoms with Crippen molar-refractivity contribution in [1.82, 2.24) is 4.57 Å². The van der Waals surface area contributed by atoms with Crippen LogP contribution in [-0.4, -0.2) is 22.2 Å². The van der Waals surface area contributed by atoms with E-state index in [1.165, 1.54) is 23.9 Å². The highest BCUT2D eigenvalue weighted by Gasteiger charge is 2.23. The molecule has 1 heterocycles. The molecule has 0 aliphatic rings.